The van der Waals surface area contributed by atoms with Crippen LogP contribution < -0.4 is 38.3 Å². The first-order valence-electron chi connectivity index (χ1n) is 19.3. The van der Waals surface area contributed by atoms with Crippen molar-refractivity contribution in [2.75, 3.05) is 24.2 Å². The zero-order valence-corrected chi connectivity index (χ0v) is 34.3. The second kappa shape index (κ2) is 23.5. The fourth-order valence-electron chi connectivity index (χ4n) is 5.78. The highest BCUT2D eigenvalue weighted by molar-refractivity contribution is 7.80. The number of thiol groups is 1. The molecule has 0 unspecified atom stereocenters. The van der Waals surface area contributed by atoms with Gasteiger partial charge in [-0.2, -0.15) is 12.6 Å². The topological polar surface area (TPSA) is 286 Å². The monoisotopic (exact) mass is 821 g/mol. The average molecular weight is 822 g/mol. The Morgan fingerprint density at radius 3 is 2.26 bits per heavy atom. The maximum absolute atomic E-state index is 13.3. The summed E-state index contributed by atoms with van der Waals surface area (Å²) in [6, 6.07) is 5.11. The number of carbonyl (C=O) groups is 6. The van der Waals surface area contributed by atoms with Gasteiger partial charge in [0.25, 0.3) is 11.5 Å². The fourth-order valence-corrected chi connectivity index (χ4v) is 5.94. The SMILES string of the molecule is Cc1nc2ncc(CNc3ccc(C(=O)NCCCC(=O)C[C@@H](C)C(=O)N[C@@H](CCCN=C(N)N)C(=O)C[C@@H](C)C(=O)N[C@@H](C)C(=O)CCCS)cc3)nc2c(=O)[nH]1. The van der Waals surface area contributed by atoms with Crippen LogP contribution in [0.5, 0.6) is 0 Å². The van der Waals surface area contributed by atoms with E-state index < -0.39 is 35.7 Å². The van der Waals surface area contributed by atoms with E-state index >= 15 is 0 Å². The van der Waals surface area contributed by atoms with Gasteiger partial charge in [-0.25, -0.2) is 15.0 Å². The third-order valence-corrected chi connectivity index (χ3v) is 9.45. The molecule has 3 aromatic rings. The molecule has 0 aliphatic rings. The van der Waals surface area contributed by atoms with E-state index in [0.717, 1.165) is 5.69 Å². The average Bonchev–Trinajstić information content (AvgIpc) is 3.18. The summed E-state index contributed by atoms with van der Waals surface area (Å²) in [6.45, 7) is 7.17. The summed E-state index contributed by atoms with van der Waals surface area (Å²) >= 11 is 4.11. The number of fused-ring (bicyclic) bond motifs is 1. The molecule has 2 heterocycles. The van der Waals surface area contributed by atoms with Gasteiger partial charge in [-0.3, -0.25) is 38.6 Å². The third kappa shape index (κ3) is 15.7. The van der Waals surface area contributed by atoms with Crippen molar-refractivity contribution >= 4 is 70.5 Å². The quantitative estimate of drug-likeness (QED) is 0.0262. The molecule has 3 rings (SSSR count). The van der Waals surface area contributed by atoms with Gasteiger partial charge in [0.15, 0.2) is 28.7 Å². The van der Waals surface area contributed by atoms with Crippen LogP contribution in [0.25, 0.3) is 11.2 Å². The summed E-state index contributed by atoms with van der Waals surface area (Å²) in [5.74, 6) is -2.56. The van der Waals surface area contributed by atoms with Gasteiger partial charge in [-0.15, -0.1) is 0 Å². The number of hydrogen-bond acceptors (Lipinski definition) is 13. The number of Topliss-reactive ketones (excluding diaryl/α,β-unsaturated/α-hetero) is 3. The van der Waals surface area contributed by atoms with Crippen LogP contribution in [0.1, 0.15) is 94.0 Å². The zero-order chi connectivity index (χ0) is 42.8. The van der Waals surface area contributed by atoms with E-state index in [2.05, 4.69) is 58.8 Å². The normalized spacial score (nSPS) is 13.1. The van der Waals surface area contributed by atoms with E-state index in [4.69, 9.17) is 11.5 Å². The van der Waals surface area contributed by atoms with Gasteiger partial charge in [0.1, 0.15) is 11.6 Å². The number of aryl methyl sites for hydroxylation is 1. The van der Waals surface area contributed by atoms with Crippen LogP contribution >= 0.6 is 12.6 Å². The Bertz CT molecular complexity index is 2000. The van der Waals surface area contributed by atoms with Crippen molar-refractivity contribution in [3.05, 3.63) is 57.9 Å². The smallest absolute Gasteiger partial charge is 0.279 e. The Kier molecular flexibility index (Phi) is 18.9. The Labute approximate surface area is 342 Å². The highest BCUT2D eigenvalue weighted by Crippen LogP contribution is 2.14. The molecule has 314 valence electrons. The fraction of sp³-hybridized carbons (Fsp3) is 0.513. The van der Waals surface area contributed by atoms with E-state index in [0.29, 0.717) is 42.1 Å². The molecule has 9 N–H and O–H groups in total. The molecule has 18 nitrogen and oxygen atoms in total. The van der Waals surface area contributed by atoms with Crippen molar-refractivity contribution in [3.63, 3.8) is 0 Å². The molecule has 0 saturated heterocycles. The lowest BCUT2D eigenvalue weighted by Crippen LogP contribution is -2.46. The van der Waals surface area contributed by atoms with Crippen molar-refractivity contribution in [2.45, 2.75) is 97.7 Å². The lowest BCUT2D eigenvalue weighted by Gasteiger charge is -2.22. The minimum absolute atomic E-state index is 0.0705. The Hall–Kier alpha value is -5.72. The number of carbonyl (C=O) groups excluding carboxylic acids is 6. The molecule has 0 saturated carbocycles. The standard InChI is InChI=1S/C39H55N11O7S/c1-22(36(55)50-30(9-6-16-43-39(40)41)32(53)19-23(2)35(54)46-24(3)31(52)10-7-17-58)18-29(51)8-5-15-42-37(56)26-11-13-27(14-12-26)44-20-28-21-45-34-33(49-28)38(57)48-25(4)47-34/h11-14,21-24,30,44,58H,5-10,15-20H2,1-4H3,(H,42,56)(H,46,54)(H,50,55)(H4,40,41,43)(H,45,47,48,57)/t22-,23-,24+,30+/m1/s1. The maximum Gasteiger partial charge on any atom is 0.279 e. The van der Waals surface area contributed by atoms with Crippen LogP contribution in [0, 0.1) is 18.8 Å². The molecule has 0 aliphatic carbocycles. The molecule has 3 amide bonds. The molecule has 58 heavy (non-hydrogen) atoms. The van der Waals surface area contributed by atoms with Crippen molar-refractivity contribution in [2.24, 2.45) is 28.3 Å². The molecule has 0 fully saturated rings. The summed E-state index contributed by atoms with van der Waals surface area (Å²) < 4.78 is 0. The lowest BCUT2D eigenvalue weighted by atomic mass is 9.95. The van der Waals surface area contributed by atoms with Crippen LogP contribution in [0.3, 0.4) is 0 Å². The summed E-state index contributed by atoms with van der Waals surface area (Å²) in [7, 11) is 0. The van der Waals surface area contributed by atoms with Crippen LogP contribution in [0.2, 0.25) is 0 Å². The minimum Gasteiger partial charge on any atom is -0.379 e. The molecule has 0 radical (unpaired) electrons. The van der Waals surface area contributed by atoms with Gasteiger partial charge in [0.05, 0.1) is 30.5 Å². The zero-order valence-electron chi connectivity index (χ0n) is 33.4. The van der Waals surface area contributed by atoms with Crippen molar-refractivity contribution < 1.29 is 28.8 Å². The summed E-state index contributed by atoms with van der Waals surface area (Å²) in [5.41, 5.74) is 12.5. The predicted molar refractivity (Wildman–Crippen MR) is 223 cm³/mol. The first-order valence-corrected chi connectivity index (χ1v) is 19.9. The molecule has 0 aliphatic heterocycles. The Morgan fingerprint density at radius 1 is 0.879 bits per heavy atom. The number of aliphatic imine (C=N–C) groups is 1. The molecular weight excluding hydrogens is 767 g/mol. The highest BCUT2D eigenvalue weighted by Gasteiger charge is 2.28. The number of rotatable bonds is 25. The maximum atomic E-state index is 13.3. The Morgan fingerprint density at radius 2 is 1.57 bits per heavy atom. The van der Waals surface area contributed by atoms with Crippen LogP contribution in [-0.2, 0) is 30.5 Å². The summed E-state index contributed by atoms with van der Waals surface area (Å²) in [6.07, 6.45) is 3.22. The van der Waals surface area contributed by atoms with Gasteiger partial charge in [-0.1, -0.05) is 13.8 Å². The second-order valence-corrected chi connectivity index (χ2v) is 14.7. The van der Waals surface area contributed by atoms with Crippen LogP contribution in [0.15, 0.2) is 40.2 Å². The minimum atomic E-state index is -0.947. The first kappa shape index (κ1) is 46.7. The molecular formula is C39H55N11O7S. The number of ketones is 3. The first-order chi connectivity index (χ1) is 27.6. The van der Waals surface area contributed by atoms with E-state index in [1.54, 1.807) is 52.0 Å². The molecule has 1 aromatic carbocycles. The second-order valence-electron chi connectivity index (χ2n) is 14.2. The Balaban J connectivity index is 1.43. The molecule has 19 heteroatoms. The van der Waals surface area contributed by atoms with Gasteiger partial charge in [0, 0.05) is 61.9 Å². The number of aromatic nitrogens is 4. The van der Waals surface area contributed by atoms with Crippen molar-refractivity contribution in [3.8, 4) is 0 Å². The van der Waals surface area contributed by atoms with E-state index in [1.807, 2.05) is 0 Å². The van der Waals surface area contributed by atoms with E-state index in [-0.39, 0.29) is 97.7 Å². The number of H-pyrrole nitrogens is 1. The lowest BCUT2D eigenvalue weighted by molar-refractivity contribution is -0.134. The van der Waals surface area contributed by atoms with Gasteiger partial charge < -0.3 is 37.7 Å². The number of hydrogen-bond donors (Lipinski definition) is 8. The highest BCUT2D eigenvalue weighted by atomic mass is 32.1. The number of nitrogens with two attached hydrogens (primary N) is 2. The molecule has 0 bridgehead atoms. The number of anilines is 1. The number of nitrogens with zero attached hydrogens (tertiary/aromatic N) is 4. The van der Waals surface area contributed by atoms with Crippen molar-refractivity contribution in [1.29, 1.82) is 0 Å². The van der Waals surface area contributed by atoms with Gasteiger partial charge in [0.2, 0.25) is 11.8 Å². The van der Waals surface area contributed by atoms with Crippen LogP contribution in [0.4, 0.5) is 5.69 Å². The molecule has 0 spiro atoms. The predicted octanol–water partition coefficient (Wildman–Crippen LogP) is 1.66. The van der Waals surface area contributed by atoms with E-state index in [1.165, 1.54) is 6.20 Å². The van der Waals surface area contributed by atoms with Crippen LogP contribution in [-0.4, -0.2) is 91.9 Å². The molecule has 4 atom stereocenters. The number of nitrogens with one attached hydrogen (secondary N) is 5. The summed E-state index contributed by atoms with van der Waals surface area (Å²) in [4.78, 5) is 108. The van der Waals surface area contributed by atoms with Gasteiger partial charge in [-0.05, 0) is 69.5 Å². The number of aromatic amines is 1. The number of guanidine groups is 1. The van der Waals surface area contributed by atoms with E-state index in [9.17, 15) is 33.6 Å². The largest absolute Gasteiger partial charge is 0.379 e. The van der Waals surface area contributed by atoms with Gasteiger partial charge >= 0.3 is 0 Å². The number of benzene rings is 1. The van der Waals surface area contributed by atoms with Crippen molar-refractivity contribution in [1.82, 2.24) is 35.9 Å². The molecule has 2 aromatic heterocycles. The third-order valence-electron chi connectivity index (χ3n) is 9.13. The number of amides is 3. The summed E-state index contributed by atoms with van der Waals surface area (Å²) in [5, 5.41) is 11.4.